The molecule has 3 fully saturated rings. The van der Waals surface area contributed by atoms with E-state index >= 15 is 0 Å². The molecule has 0 aliphatic carbocycles. The maximum Gasteiger partial charge on any atom is 0.408 e. The molecule has 422 valence electrons. The van der Waals surface area contributed by atoms with Crippen molar-refractivity contribution >= 4 is 47.4 Å². The third-order valence-electron chi connectivity index (χ3n) is 13.4. The van der Waals surface area contributed by atoms with Gasteiger partial charge in [0, 0.05) is 44.8 Å². The van der Waals surface area contributed by atoms with Gasteiger partial charge in [-0.15, -0.1) is 0 Å². The molecule has 25 nitrogen and oxygen atoms in total. The van der Waals surface area contributed by atoms with Crippen LogP contribution in [0.2, 0.25) is 0 Å². The summed E-state index contributed by atoms with van der Waals surface area (Å²) in [5.41, 5.74) is 7.14. The molecule has 0 saturated carbocycles. The number of aliphatic hydroxyl groups excluding tert-OH is 6. The Morgan fingerprint density at radius 3 is 2.00 bits per heavy atom. The summed E-state index contributed by atoms with van der Waals surface area (Å²) in [7, 11) is 0. The molecule has 25 heteroatoms. The summed E-state index contributed by atoms with van der Waals surface area (Å²) in [6, 6.07) is 10.9. The van der Waals surface area contributed by atoms with Crippen molar-refractivity contribution in [3.8, 4) is 11.5 Å². The number of carbonyl (C=O) groups is 8. The van der Waals surface area contributed by atoms with Gasteiger partial charge in [0.25, 0.3) is 0 Å². The zero-order valence-corrected chi connectivity index (χ0v) is 43.0. The Morgan fingerprint density at radius 1 is 0.731 bits per heavy atom. The molecule has 3 aromatic carbocycles. The first kappa shape index (κ1) is 59.6. The largest absolute Gasteiger partial charge is 0.486 e. The summed E-state index contributed by atoms with van der Waals surface area (Å²) >= 11 is 0. The number of hydrogen-bond donors (Lipinski definition) is 12. The minimum absolute atomic E-state index is 0.0263. The van der Waals surface area contributed by atoms with Gasteiger partial charge in [0.05, 0.1) is 43.0 Å². The van der Waals surface area contributed by atoms with Gasteiger partial charge in [-0.3, -0.25) is 33.6 Å². The van der Waals surface area contributed by atoms with Crippen molar-refractivity contribution in [3.63, 3.8) is 0 Å². The van der Waals surface area contributed by atoms with Gasteiger partial charge in [-0.1, -0.05) is 86.3 Å². The number of aliphatic hydroxyl groups is 6. The first-order valence-electron chi connectivity index (χ1n) is 25.3. The number of nitrogens with zero attached hydrogens (tertiary/aromatic N) is 2. The minimum atomic E-state index is -2.16. The number of rotatable bonds is 16. The van der Waals surface area contributed by atoms with Crippen molar-refractivity contribution < 1.29 is 83.2 Å². The van der Waals surface area contributed by atoms with Crippen LogP contribution in [-0.4, -0.2) is 187 Å². The normalized spacial score (nSPS) is 26.8. The third kappa shape index (κ3) is 15.7. The number of nitrogens with one attached hydrogen (secondary N) is 5. The summed E-state index contributed by atoms with van der Waals surface area (Å²) in [5, 5.41) is 79.8. The van der Waals surface area contributed by atoms with E-state index in [0.29, 0.717) is 16.9 Å². The summed E-state index contributed by atoms with van der Waals surface area (Å²) in [6.45, 7) is 4.63. The van der Waals surface area contributed by atoms with Gasteiger partial charge in [0.1, 0.15) is 56.1 Å². The van der Waals surface area contributed by atoms with Crippen LogP contribution in [0.25, 0.3) is 0 Å². The van der Waals surface area contributed by atoms with E-state index in [1.807, 2.05) is 30.3 Å². The monoisotopic (exact) mass is 1090 g/mol. The molecular weight excluding hydrogens is 1020 g/mol. The van der Waals surface area contributed by atoms with Crippen LogP contribution in [-0.2, 0) is 57.9 Å². The van der Waals surface area contributed by atoms with E-state index in [2.05, 4.69) is 33.2 Å². The van der Waals surface area contributed by atoms with Crippen molar-refractivity contribution in [2.75, 3.05) is 26.2 Å². The molecule has 6 rings (SSSR count). The van der Waals surface area contributed by atoms with Crippen LogP contribution >= 0.6 is 0 Å². The number of amides is 8. The van der Waals surface area contributed by atoms with Crippen molar-refractivity contribution in [2.45, 2.75) is 126 Å². The van der Waals surface area contributed by atoms with E-state index in [1.165, 1.54) is 25.1 Å². The molecule has 0 spiro atoms. The van der Waals surface area contributed by atoms with E-state index in [1.54, 1.807) is 36.4 Å². The van der Waals surface area contributed by atoms with Crippen LogP contribution in [0, 0.1) is 5.92 Å². The fourth-order valence-corrected chi connectivity index (χ4v) is 9.30. The molecule has 0 bridgehead atoms. The predicted octanol–water partition coefficient (Wildman–Crippen LogP) is -2.85. The van der Waals surface area contributed by atoms with Crippen molar-refractivity contribution in [2.24, 2.45) is 11.7 Å². The fraction of sp³-hybridized carbons (Fsp3) is 0.472. The number of carbonyl (C=O) groups excluding carboxylic acids is 8. The van der Waals surface area contributed by atoms with E-state index < -0.39 is 165 Å². The predicted molar refractivity (Wildman–Crippen MR) is 274 cm³/mol. The van der Waals surface area contributed by atoms with E-state index in [4.69, 9.17) is 19.9 Å². The molecule has 78 heavy (non-hydrogen) atoms. The van der Waals surface area contributed by atoms with Crippen molar-refractivity contribution in [1.82, 2.24) is 36.4 Å². The number of benzene rings is 3. The van der Waals surface area contributed by atoms with Gasteiger partial charge >= 0.3 is 6.09 Å². The van der Waals surface area contributed by atoms with Crippen LogP contribution in [0.5, 0.6) is 11.5 Å². The standard InChI is InChI=1S/C53H68N8O17/c1-4-17-76-40-19-32(15-16-39(40)77-26-30-11-7-5-8-12-30)18-37(65)43-49(71)59-44(38(66)22-41(54)67)52(74)61-24-28(2)46(68)45(61)50(72)55-23-33(63)20-35(56-53(75)78-27-31-13-9-6-10-14-31)47(69)57-42(29(3)62)51(73)60-25-34(64)21-36(60)48(70)58-43/h4-16,19,28-29,33-38,42-46,62-66,68H,1,17-18,20-27H2,2-3H3,(H2,54,67)(H,55,72)(H,56,75)(H,57,69)(H,58,70)(H,59,71)/t28-,29+,33+,34+,35?,36-,37+,38+,42-,43-,44-,45-,46-/m0/s1. The molecule has 3 saturated heterocycles. The summed E-state index contributed by atoms with van der Waals surface area (Å²) in [5.74, 6) is -8.57. The zero-order chi connectivity index (χ0) is 56.8. The van der Waals surface area contributed by atoms with Crippen LogP contribution in [0.1, 0.15) is 49.8 Å². The Kier molecular flexibility index (Phi) is 21.1. The fourth-order valence-electron chi connectivity index (χ4n) is 9.30. The van der Waals surface area contributed by atoms with Crippen LogP contribution in [0.15, 0.2) is 91.5 Å². The number of β-amino-alcohol motifs (C(OH)–C–C–N with tert-alkyl or cyclic N) is 1. The molecule has 3 heterocycles. The first-order chi connectivity index (χ1) is 37.1. The summed E-state index contributed by atoms with van der Waals surface area (Å²) in [6.07, 6.45) is -12.7. The Labute approximate surface area is 449 Å². The second-order valence-corrected chi connectivity index (χ2v) is 19.6. The second-order valence-electron chi connectivity index (χ2n) is 19.6. The molecule has 13 atom stereocenters. The number of ether oxygens (including phenoxy) is 3. The van der Waals surface area contributed by atoms with Gasteiger partial charge in [-0.2, -0.15) is 0 Å². The van der Waals surface area contributed by atoms with Gasteiger partial charge in [-0.25, -0.2) is 4.79 Å². The van der Waals surface area contributed by atoms with Gasteiger partial charge < -0.3 is 87.0 Å². The number of nitrogens with two attached hydrogens (primary N) is 1. The smallest absolute Gasteiger partial charge is 0.408 e. The average Bonchev–Trinajstić information content (AvgIpc) is 4.06. The lowest BCUT2D eigenvalue weighted by Crippen LogP contribution is -2.64. The highest BCUT2D eigenvalue weighted by molar-refractivity contribution is 5.98. The molecule has 0 aromatic heterocycles. The maximum absolute atomic E-state index is 14.7. The number of alkyl carbamates (subject to hydrolysis) is 1. The van der Waals surface area contributed by atoms with Gasteiger partial charge in [-0.05, 0) is 35.7 Å². The van der Waals surface area contributed by atoms with Gasteiger partial charge in [0.15, 0.2) is 11.5 Å². The molecule has 0 radical (unpaired) electrons. The second kappa shape index (κ2) is 27.6. The van der Waals surface area contributed by atoms with Crippen molar-refractivity contribution in [3.05, 3.63) is 108 Å². The highest BCUT2D eigenvalue weighted by atomic mass is 16.5. The summed E-state index contributed by atoms with van der Waals surface area (Å²) in [4.78, 5) is 114. The minimum Gasteiger partial charge on any atom is -0.486 e. The Morgan fingerprint density at radius 2 is 1.36 bits per heavy atom. The molecule has 8 amide bonds. The molecule has 3 aliphatic heterocycles. The Bertz CT molecular complexity index is 2610. The number of fused-ring (bicyclic) bond motifs is 2. The van der Waals surface area contributed by atoms with E-state index in [-0.39, 0.29) is 32.1 Å². The molecule has 3 aliphatic rings. The van der Waals surface area contributed by atoms with E-state index in [9.17, 15) is 69.0 Å². The van der Waals surface area contributed by atoms with Crippen LogP contribution in [0.4, 0.5) is 4.79 Å². The van der Waals surface area contributed by atoms with Gasteiger partial charge in [0.2, 0.25) is 41.4 Å². The molecule has 3 aromatic rings. The first-order valence-corrected chi connectivity index (χ1v) is 25.3. The average molecular weight is 1090 g/mol. The number of primary amides is 1. The topological polar surface area (TPSA) is 378 Å². The molecule has 13 N–H and O–H groups in total. The third-order valence-corrected chi connectivity index (χ3v) is 13.4. The van der Waals surface area contributed by atoms with E-state index in [0.717, 1.165) is 22.3 Å². The van der Waals surface area contributed by atoms with Crippen LogP contribution < -0.4 is 41.8 Å². The lowest BCUT2D eigenvalue weighted by atomic mass is 9.98. The highest BCUT2D eigenvalue weighted by Gasteiger charge is 2.50. The Balaban J connectivity index is 1.38. The lowest BCUT2D eigenvalue weighted by molar-refractivity contribution is -0.147. The molecular formula is C53H68N8O17. The number of hydrogen-bond acceptors (Lipinski definition) is 17. The van der Waals surface area contributed by atoms with Crippen molar-refractivity contribution in [1.29, 1.82) is 0 Å². The lowest BCUT2D eigenvalue weighted by Gasteiger charge is -2.33. The maximum atomic E-state index is 14.7. The highest BCUT2D eigenvalue weighted by Crippen LogP contribution is 2.31. The zero-order valence-electron chi connectivity index (χ0n) is 43.0. The van der Waals surface area contributed by atoms with Crippen LogP contribution in [0.3, 0.4) is 0 Å². The molecule has 1 unspecified atom stereocenters. The SMILES string of the molecule is C=CCOc1cc(C[C@@H](O)[C@@H]2NC(=O)[C@@H]3C[C@@H](O)CN3C(=O)[C@H]([C@@H](C)O)NC(=O)C(NC(=O)OCc3ccccc3)C[C@@H](O)CNC(=O)[C@@H]3[C@@H](O)[C@@H](C)CN3C(=O)[C@H]([C@H](O)CC(N)=O)NC2=O)ccc1OCc1ccccc1. The summed E-state index contributed by atoms with van der Waals surface area (Å²) < 4.78 is 17.2. The quantitative estimate of drug-likeness (QED) is 0.0643. The Hall–Kier alpha value is -7.68.